The summed E-state index contributed by atoms with van der Waals surface area (Å²) in [5.74, 6) is 1.00. The second-order valence-corrected chi connectivity index (χ2v) is 9.74. The molecule has 0 radical (unpaired) electrons. The van der Waals surface area contributed by atoms with Crippen molar-refractivity contribution in [2.45, 2.75) is 64.8 Å². The number of aryl methyl sites for hydroxylation is 2. The first-order valence-corrected chi connectivity index (χ1v) is 11.2. The van der Waals surface area contributed by atoms with Crippen LogP contribution in [0.5, 0.6) is 0 Å². The Labute approximate surface area is 172 Å². The number of amides is 3. The van der Waals surface area contributed by atoms with Crippen molar-refractivity contribution in [2.24, 2.45) is 29.6 Å². The van der Waals surface area contributed by atoms with Crippen LogP contribution in [0.3, 0.4) is 0 Å². The predicted octanol–water partition coefficient (Wildman–Crippen LogP) is 3.83. The van der Waals surface area contributed by atoms with E-state index in [1.165, 1.54) is 5.56 Å². The normalized spacial score (nSPS) is 35.9. The number of nitrogens with one attached hydrogen (secondary N) is 1. The van der Waals surface area contributed by atoms with Gasteiger partial charge < -0.3 is 5.32 Å². The Hall–Kier alpha value is -2.17. The Balaban J connectivity index is 1.21. The molecule has 0 spiro atoms. The number of nitrogens with zero attached hydrogens (tertiary/aromatic N) is 1. The Morgan fingerprint density at radius 2 is 1.55 bits per heavy atom. The van der Waals surface area contributed by atoms with Gasteiger partial charge in [-0.25, -0.2) is 0 Å². The maximum atomic E-state index is 13.0. The van der Waals surface area contributed by atoms with E-state index in [2.05, 4.69) is 11.4 Å². The number of carbonyl (C=O) groups is 3. The fourth-order valence-electron chi connectivity index (χ4n) is 6.58. The van der Waals surface area contributed by atoms with E-state index in [1.807, 2.05) is 26.0 Å². The second-order valence-electron chi connectivity index (χ2n) is 9.74. The van der Waals surface area contributed by atoms with E-state index in [4.69, 9.17) is 0 Å². The van der Waals surface area contributed by atoms with Crippen molar-refractivity contribution in [1.82, 2.24) is 4.90 Å². The summed E-state index contributed by atoms with van der Waals surface area (Å²) in [6.45, 7) is 4.05. The first-order chi connectivity index (χ1) is 13.9. The van der Waals surface area contributed by atoms with E-state index >= 15 is 0 Å². The van der Waals surface area contributed by atoms with E-state index < -0.39 is 0 Å². The van der Waals surface area contributed by atoms with Crippen molar-refractivity contribution >= 4 is 23.4 Å². The molecule has 3 saturated carbocycles. The molecular formula is C24H30N2O3. The summed E-state index contributed by atoms with van der Waals surface area (Å²) in [7, 11) is 0. The number of benzene rings is 1. The molecule has 4 atom stereocenters. The van der Waals surface area contributed by atoms with Crippen LogP contribution in [-0.2, 0) is 14.4 Å². The lowest BCUT2D eigenvalue weighted by molar-refractivity contribution is -0.144. The highest BCUT2D eigenvalue weighted by molar-refractivity contribution is 6.06. The summed E-state index contributed by atoms with van der Waals surface area (Å²) in [4.78, 5) is 40.4. The van der Waals surface area contributed by atoms with Gasteiger partial charge >= 0.3 is 0 Å². The van der Waals surface area contributed by atoms with Crippen LogP contribution < -0.4 is 5.32 Å². The topological polar surface area (TPSA) is 66.5 Å². The van der Waals surface area contributed by atoms with Gasteiger partial charge in [-0.05, 0) is 82.3 Å². The Morgan fingerprint density at radius 1 is 0.931 bits per heavy atom. The number of likely N-dealkylation sites (tertiary alicyclic amines) is 1. The van der Waals surface area contributed by atoms with Crippen molar-refractivity contribution in [3.05, 3.63) is 29.3 Å². The fraction of sp³-hybridized carbons (Fsp3) is 0.625. The number of imide groups is 1. The first kappa shape index (κ1) is 18.8. The van der Waals surface area contributed by atoms with Gasteiger partial charge in [-0.1, -0.05) is 17.7 Å². The summed E-state index contributed by atoms with van der Waals surface area (Å²) < 4.78 is 0. The third-order valence-corrected chi connectivity index (χ3v) is 8.03. The third-order valence-electron chi connectivity index (χ3n) is 8.03. The summed E-state index contributed by atoms with van der Waals surface area (Å²) in [5, 5.41) is 3.07. The molecule has 1 aromatic carbocycles. The van der Waals surface area contributed by atoms with E-state index in [1.54, 1.807) is 4.90 Å². The monoisotopic (exact) mass is 394 g/mol. The molecule has 5 nitrogen and oxygen atoms in total. The minimum atomic E-state index is -0.0459. The van der Waals surface area contributed by atoms with Crippen molar-refractivity contribution in [2.75, 3.05) is 5.32 Å². The number of hydrogen-bond acceptors (Lipinski definition) is 3. The molecule has 29 heavy (non-hydrogen) atoms. The average Bonchev–Trinajstić information content (AvgIpc) is 3.38. The molecule has 3 aliphatic carbocycles. The number of rotatable bonds is 3. The molecule has 0 unspecified atom stereocenters. The van der Waals surface area contributed by atoms with E-state index in [-0.39, 0.29) is 41.5 Å². The Kier molecular flexibility index (Phi) is 4.52. The molecule has 1 heterocycles. The van der Waals surface area contributed by atoms with Crippen LogP contribution in [-0.4, -0.2) is 28.7 Å². The zero-order valence-corrected chi connectivity index (χ0v) is 17.3. The first-order valence-electron chi connectivity index (χ1n) is 11.2. The lowest BCUT2D eigenvalue weighted by Crippen LogP contribution is -2.44. The molecule has 0 aromatic heterocycles. The van der Waals surface area contributed by atoms with Crippen LogP contribution in [0.15, 0.2) is 18.2 Å². The molecule has 1 aromatic rings. The van der Waals surface area contributed by atoms with E-state index in [9.17, 15) is 14.4 Å². The number of carbonyl (C=O) groups excluding carboxylic acids is 3. The molecule has 5 rings (SSSR count). The van der Waals surface area contributed by atoms with Gasteiger partial charge in [0.05, 0.1) is 11.8 Å². The number of anilines is 1. The minimum absolute atomic E-state index is 0.00911. The highest BCUT2D eigenvalue weighted by Crippen LogP contribution is 2.56. The van der Waals surface area contributed by atoms with Crippen LogP contribution in [0.25, 0.3) is 0 Å². The highest BCUT2D eigenvalue weighted by atomic mass is 16.2. The SMILES string of the molecule is Cc1ccc(NC(=O)C2CCC(N3C(=O)[C@@H]4[C@H]5CC[C@@H](C5)[C@H]4C3=O)CC2)c(C)c1. The summed E-state index contributed by atoms with van der Waals surface area (Å²) in [5.41, 5.74) is 3.12. The third kappa shape index (κ3) is 3.01. The second kappa shape index (κ2) is 6.96. The smallest absolute Gasteiger partial charge is 0.233 e. The Morgan fingerprint density at radius 3 is 2.14 bits per heavy atom. The molecule has 1 saturated heterocycles. The van der Waals surface area contributed by atoms with Gasteiger partial charge in [0.25, 0.3) is 0 Å². The van der Waals surface area contributed by atoms with Gasteiger partial charge in [0.1, 0.15) is 0 Å². The molecule has 4 fully saturated rings. The largest absolute Gasteiger partial charge is 0.326 e. The van der Waals surface area contributed by atoms with Crippen LogP contribution in [0.4, 0.5) is 5.69 Å². The van der Waals surface area contributed by atoms with Crippen LogP contribution in [0.2, 0.25) is 0 Å². The predicted molar refractivity (Wildman–Crippen MR) is 110 cm³/mol. The van der Waals surface area contributed by atoms with Crippen LogP contribution in [0.1, 0.15) is 56.1 Å². The fourth-order valence-corrected chi connectivity index (χ4v) is 6.58. The summed E-state index contributed by atoms with van der Waals surface area (Å²) in [6.07, 6.45) is 6.27. The quantitative estimate of drug-likeness (QED) is 0.793. The van der Waals surface area contributed by atoms with Gasteiger partial charge in [0, 0.05) is 17.6 Å². The van der Waals surface area contributed by atoms with E-state index in [0.29, 0.717) is 11.8 Å². The molecular weight excluding hydrogens is 364 g/mol. The van der Waals surface area contributed by atoms with Crippen molar-refractivity contribution in [1.29, 1.82) is 0 Å². The summed E-state index contributed by atoms with van der Waals surface area (Å²) >= 11 is 0. The van der Waals surface area contributed by atoms with Crippen molar-refractivity contribution < 1.29 is 14.4 Å². The molecule has 4 aliphatic rings. The van der Waals surface area contributed by atoms with Gasteiger partial charge in [-0.3, -0.25) is 19.3 Å². The van der Waals surface area contributed by atoms with Crippen molar-refractivity contribution in [3.63, 3.8) is 0 Å². The Bertz CT molecular complexity index is 843. The lowest BCUT2D eigenvalue weighted by atomic mass is 9.81. The highest BCUT2D eigenvalue weighted by Gasteiger charge is 2.61. The zero-order valence-electron chi connectivity index (χ0n) is 17.3. The zero-order chi connectivity index (χ0) is 20.3. The minimum Gasteiger partial charge on any atom is -0.326 e. The van der Waals surface area contributed by atoms with Gasteiger partial charge in [-0.15, -0.1) is 0 Å². The van der Waals surface area contributed by atoms with Crippen molar-refractivity contribution in [3.8, 4) is 0 Å². The standard InChI is InChI=1S/C24H30N2O3/c1-13-3-10-19(14(2)11-13)25-22(27)15-6-8-18(9-7-15)26-23(28)20-16-4-5-17(12-16)21(20)24(26)29/h3,10-11,15-18,20-21H,4-9,12H2,1-2H3,(H,25,27)/t15?,16-,17-,18?,20+,21+/m0/s1. The number of hydrogen-bond donors (Lipinski definition) is 1. The molecule has 5 heteroatoms. The van der Waals surface area contributed by atoms with E-state index in [0.717, 1.165) is 56.2 Å². The average molecular weight is 395 g/mol. The van der Waals surface area contributed by atoms with Gasteiger partial charge in [0.15, 0.2) is 0 Å². The number of fused-ring (bicyclic) bond motifs is 5. The van der Waals surface area contributed by atoms with Gasteiger partial charge in [0.2, 0.25) is 17.7 Å². The van der Waals surface area contributed by atoms with Crippen LogP contribution >= 0.6 is 0 Å². The lowest BCUT2D eigenvalue weighted by Gasteiger charge is -2.33. The molecule has 1 N–H and O–H groups in total. The maximum Gasteiger partial charge on any atom is 0.233 e. The van der Waals surface area contributed by atoms with Gasteiger partial charge in [-0.2, -0.15) is 0 Å². The molecule has 154 valence electrons. The van der Waals surface area contributed by atoms with Crippen LogP contribution in [0, 0.1) is 43.4 Å². The maximum absolute atomic E-state index is 13.0. The molecule has 1 aliphatic heterocycles. The summed E-state index contributed by atoms with van der Waals surface area (Å²) in [6, 6.07) is 6.03. The molecule has 3 amide bonds. The molecule has 2 bridgehead atoms.